The number of aryl methyl sites for hydroxylation is 1. The molecule has 1 aliphatic rings. The Labute approximate surface area is 128 Å². The van der Waals surface area contributed by atoms with Gasteiger partial charge in [-0.05, 0) is 26.2 Å². The fourth-order valence-corrected chi connectivity index (χ4v) is 2.96. The van der Waals surface area contributed by atoms with Gasteiger partial charge in [0.1, 0.15) is 28.5 Å². The standard InChI is InChI=1S/C16H17N5O/c1-3-7-21-14-13(18-11-19(2)16(14)22)12(10-17)15(21)20-8-5-4-6-9-20/h11H,4-6,8-9H2,1-2H3. The maximum absolute atomic E-state index is 12.5. The van der Waals surface area contributed by atoms with Crippen molar-refractivity contribution in [3.8, 4) is 18.0 Å². The maximum atomic E-state index is 12.5. The van der Waals surface area contributed by atoms with Crippen molar-refractivity contribution >= 4 is 16.9 Å². The van der Waals surface area contributed by atoms with E-state index < -0.39 is 0 Å². The molecule has 0 unspecified atom stereocenters. The highest BCUT2D eigenvalue weighted by atomic mass is 16.1. The summed E-state index contributed by atoms with van der Waals surface area (Å²) in [4.78, 5) is 18.9. The van der Waals surface area contributed by atoms with Gasteiger partial charge in [0.2, 0.25) is 0 Å². The topological polar surface area (TPSA) is 66.8 Å². The Morgan fingerprint density at radius 3 is 2.64 bits per heavy atom. The molecule has 0 aromatic carbocycles. The zero-order chi connectivity index (χ0) is 15.7. The summed E-state index contributed by atoms with van der Waals surface area (Å²) in [6, 6.07) is 5.18. The first-order chi connectivity index (χ1) is 10.7. The number of hydrogen-bond acceptors (Lipinski definition) is 4. The van der Waals surface area contributed by atoms with E-state index in [0.29, 0.717) is 22.4 Å². The minimum atomic E-state index is -0.187. The summed E-state index contributed by atoms with van der Waals surface area (Å²) in [5.74, 6) is 3.55. The molecule has 0 saturated carbocycles. The normalized spacial score (nSPS) is 14.5. The van der Waals surface area contributed by atoms with Gasteiger partial charge in [0, 0.05) is 26.2 Å². The van der Waals surface area contributed by atoms with Gasteiger partial charge in [-0.15, -0.1) is 0 Å². The van der Waals surface area contributed by atoms with Gasteiger partial charge in [0.15, 0.2) is 0 Å². The lowest BCUT2D eigenvalue weighted by Crippen LogP contribution is -2.31. The molecule has 0 N–H and O–H groups in total. The highest BCUT2D eigenvalue weighted by Gasteiger charge is 2.25. The summed E-state index contributed by atoms with van der Waals surface area (Å²) in [5, 5.41) is 9.60. The summed E-state index contributed by atoms with van der Waals surface area (Å²) in [6.45, 7) is 3.46. The highest BCUT2D eigenvalue weighted by Crippen LogP contribution is 2.30. The number of rotatable bonds is 1. The second kappa shape index (κ2) is 5.57. The molecule has 3 rings (SSSR count). The van der Waals surface area contributed by atoms with Crippen molar-refractivity contribution in [2.45, 2.75) is 26.2 Å². The van der Waals surface area contributed by atoms with Gasteiger partial charge in [-0.2, -0.15) is 5.26 Å². The van der Waals surface area contributed by atoms with Gasteiger partial charge in [0.05, 0.1) is 6.33 Å². The van der Waals surface area contributed by atoms with Crippen LogP contribution in [0, 0.1) is 23.3 Å². The Balaban J connectivity index is 2.40. The molecule has 1 saturated heterocycles. The Morgan fingerprint density at radius 2 is 2.00 bits per heavy atom. The monoisotopic (exact) mass is 295 g/mol. The lowest BCUT2D eigenvalue weighted by molar-refractivity contribution is 0.571. The lowest BCUT2D eigenvalue weighted by atomic mass is 10.1. The molecule has 1 aliphatic heterocycles. The Kier molecular flexibility index (Phi) is 3.60. The van der Waals surface area contributed by atoms with E-state index in [9.17, 15) is 10.1 Å². The number of fused-ring (bicyclic) bond motifs is 1. The van der Waals surface area contributed by atoms with Gasteiger partial charge in [-0.3, -0.25) is 4.79 Å². The first-order valence-corrected chi connectivity index (χ1v) is 7.37. The fraction of sp³-hybridized carbons (Fsp3) is 0.438. The van der Waals surface area contributed by atoms with Crippen molar-refractivity contribution < 1.29 is 0 Å². The third kappa shape index (κ3) is 2.05. The Morgan fingerprint density at radius 1 is 1.27 bits per heavy atom. The van der Waals surface area contributed by atoms with Crippen LogP contribution in [-0.4, -0.2) is 27.2 Å². The van der Waals surface area contributed by atoms with Gasteiger partial charge in [-0.25, -0.2) is 9.55 Å². The van der Waals surface area contributed by atoms with Gasteiger partial charge in [-0.1, -0.05) is 5.92 Å². The summed E-state index contributed by atoms with van der Waals surface area (Å²) in [7, 11) is 1.65. The van der Waals surface area contributed by atoms with Crippen molar-refractivity contribution in [1.29, 1.82) is 5.26 Å². The van der Waals surface area contributed by atoms with Crippen LogP contribution in [0.2, 0.25) is 0 Å². The van der Waals surface area contributed by atoms with Gasteiger partial charge < -0.3 is 9.47 Å². The van der Waals surface area contributed by atoms with Crippen LogP contribution in [-0.2, 0) is 7.05 Å². The van der Waals surface area contributed by atoms with Crippen LogP contribution in [0.3, 0.4) is 0 Å². The first-order valence-electron chi connectivity index (χ1n) is 7.37. The van der Waals surface area contributed by atoms with Crippen LogP contribution in [0.1, 0.15) is 31.7 Å². The Hall–Kier alpha value is -2.73. The van der Waals surface area contributed by atoms with Crippen molar-refractivity contribution in [1.82, 2.24) is 14.1 Å². The summed E-state index contributed by atoms with van der Waals surface area (Å²) >= 11 is 0. The zero-order valence-corrected chi connectivity index (χ0v) is 12.8. The molecule has 1 fully saturated rings. The van der Waals surface area contributed by atoms with Gasteiger partial charge in [0.25, 0.3) is 5.56 Å². The van der Waals surface area contributed by atoms with Crippen molar-refractivity contribution in [3.05, 3.63) is 22.2 Å². The van der Waals surface area contributed by atoms with E-state index >= 15 is 0 Å². The maximum Gasteiger partial charge on any atom is 0.278 e. The van der Waals surface area contributed by atoms with E-state index in [0.717, 1.165) is 25.9 Å². The molecule has 0 bridgehead atoms. The van der Waals surface area contributed by atoms with Crippen LogP contribution in [0.5, 0.6) is 0 Å². The average molecular weight is 295 g/mol. The zero-order valence-electron chi connectivity index (χ0n) is 12.8. The molecule has 3 heterocycles. The van der Waals surface area contributed by atoms with E-state index in [2.05, 4.69) is 27.9 Å². The predicted octanol–water partition coefficient (Wildman–Crippen LogP) is 1.43. The van der Waals surface area contributed by atoms with E-state index in [1.807, 2.05) is 0 Å². The summed E-state index contributed by atoms with van der Waals surface area (Å²) in [6.07, 6.45) is 4.81. The number of piperidine rings is 1. The first kappa shape index (κ1) is 14.2. The molecule has 0 amide bonds. The van der Waals surface area contributed by atoms with Crippen LogP contribution >= 0.6 is 0 Å². The molecular formula is C16H17N5O. The molecule has 112 valence electrons. The van der Waals surface area contributed by atoms with Crippen LogP contribution < -0.4 is 10.5 Å². The molecule has 6 nitrogen and oxygen atoms in total. The highest BCUT2D eigenvalue weighted by molar-refractivity contribution is 5.90. The number of nitriles is 1. The molecule has 0 radical (unpaired) electrons. The third-order valence-corrected chi connectivity index (χ3v) is 3.99. The number of aromatic nitrogens is 3. The second-order valence-corrected chi connectivity index (χ2v) is 5.41. The van der Waals surface area contributed by atoms with E-state index in [-0.39, 0.29) is 5.56 Å². The third-order valence-electron chi connectivity index (χ3n) is 3.99. The fourth-order valence-electron chi connectivity index (χ4n) is 2.96. The molecular weight excluding hydrogens is 278 g/mol. The minimum absolute atomic E-state index is 0.187. The molecule has 0 spiro atoms. The van der Waals surface area contributed by atoms with Crippen LogP contribution in [0.25, 0.3) is 11.0 Å². The largest absolute Gasteiger partial charge is 0.356 e. The van der Waals surface area contributed by atoms with Gasteiger partial charge >= 0.3 is 0 Å². The molecule has 2 aromatic rings. The lowest BCUT2D eigenvalue weighted by Gasteiger charge is -2.28. The minimum Gasteiger partial charge on any atom is -0.356 e. The number of anilines is 1. The second-order valence-electron chi connectivity index (χ2n) is 5.41. The van der Waals surface area contributed by atoms with E-state index in [1.165, 1.54) is 17.3 Å². The van der Waals surface area contributed by atoms with Crippen molar-refractivity contribution in [2.24, 2.45) is 7.05 Å². The summed E-state index contributed by atoms with van der Waals surface area (Å²) in [5.41, 5.74) is 1.08. The molecule has 0 aliphatic carbocycles. The van der Waals surface area contributed by atoms with E-state index in [4.69, 9.17) is 0 Å². The number of nitrogens with zero attached hydrogens (tertiary/aromatic N) is 5. The van der Waals surface area contributed by atoms with Crippen molar-refractivity contribution in [2.75, 3.05) is 18.0 Å². The smallest absolute Gasteiger partial charge is 0.278 e. The summed E-state index contributed by atoms with van der Waals surface area (Å²) < 4.78 is 3.06. The average Bonchev–Trinajstić information content (AvgIpc) is 2.86. The number of hydrogen-bond donors (Lipinski definition) is 0. The van der Waals surface area contributed by atoms with Crippen LogP contribution in [0.4, 0.5) is 5.82 Å². The Bertz CT molecular complexity index is 882. The molecule has 0 atom stereocenters. The predicted molar refractivity (Wildman–Crippen MR) is 84.6 cm³/mol. The molecule has 6 heteroatoms. The van der Waals surface area contributed by atoms with Crippen LogP contribution in [0.15, 0.2) is 11.1 Å². The molecule has 22 heavy (non-hydrogen) atoms. The quantitative estimate of drug-likeness (QED) is 0.746. The van der Waals surface area contributed by atoms with Crippen molar-refractivity contribution in [3.63, 3.8) is 0 Å². The molecule has 2 aromatic heterocycles. The van der Waals surface area contributed by atoms with E-state index in [1.54, 1.807) is 18.5 Å². The SMILES string of the molecule is CC#Cn1c(N2CCCCC2)c(C#N)c2ncn(C)c(=O)c21.